The molecule has 0 fully saturated rings. The van der Waals surface area contributed by atoms with Gasteiger partial charge in [0.2, 0.25) is 10.0 Å². The highest BCUT2D eigenvalue weighted by Gasteiger charge is 2.35. The molecule has 0 saturated carbocycles. The van der Waals surface area contributed by atoms with E-state index in [1.54, 1.807) is 13.2 Å². The molecule has 8 heteroatoms. The highest BCUT2D eigenvalue weighted by molar-refractivity contribution is 7.88. The quantitative estimate of drug-likeness (QED) is 0.633. The summed E-state index contributed by atoms with van der Waals surface area (Å²) in [5.74, 6) is 0.688. The van der Waals surface area contributed by atoms with Crippen molar-refractivity contribution in [1.82, 2.24) is 14.8 Å². The minimum atomic E-state index is -3.57. The standard InChI is InChI=1S/C21H20ClN3O3S/c1-13-4-6-14(7-5-13)19-12-20(25(24-19)29(3,26)27)17-11-15-10-16(28-2)8-9-18(15)23-21(17)22/h4-12,20,24H,1-3H3/t20-/m1/s1. The number of hydrogen-bond donors (Lipinski definition) is 1. The molecular weight excluding hydrogens is 410 g/mol. The van der Waals surface area contributed by atoms with Crippen molar-refractivity contribution in [2.45, 2.75) is 13.0 Å². The maximum Gasteiger partial charge on any atom is 0.228 e. The van der Waals surface area contributed by atoms with E-state index in [4.69, 9.17) is 16.3 Å². The zero-order chi connectivity index (χ0) is 20.8. The third kappa shape index (κ3) is 3.81. The number of hydrogen-bond acceptors (Lipinski definition) is 5. The molecule has 1 aliphatic heterocycles. The van der Waals surface area contributed by atoms with E-state index in [2.05, 4.69) is 10.4 Å². The Balaban J connectivity index is 1.85. The van der Waals surface area contributed by atoms with E-state index in [0.717, 1.165) is 22.8 Å². The number of pyridine rings is 1. The number of aromatic nitrogens is 1. The Hall–Kier alpha value is -2.61. The van der Waals surface area contributed by atoms with Crippen molar-refractivity contribution in [3.8, 4) is 5.75 Å². The second-order valence-corrected chi connectivity index (χ2v) is 9.21. The average molecular weight is 430 g/mol. The van der Waals surface area contributed by atoms with Crippen LogP contribution in [-0.2, 0) is 10.0 Å². The Bertz CT molecular complexity index is 1220. The molecular formula is C21H20ClN3O3S. The van der Waals surface area contributed by atoms with Crippen molar-refractivity contribution in [2.75, 3.05) is 13.4 Å². The van der Waals surface area contributed by atoms with E-state index in [-0.39, 0.29) is 5.15 Å². The van der Waals surface area contributed by atoms with E-state index in [1.807, 2.05) is 55.5 Å². The maximum absolute atomic E-state index is 12.5. The number of fused-ring (bicyclic) bond motifs is 1. The van der Waals surface area contributed by atoms with Gasteiger partial charge in [-0.1, -0.05) is 41.4 Å². The van der Waals surface area contributed by atoms with E-state index in [0.29, 0.717) is 22.5 Å². The summed E-state index contributed by atoms with van der Waals surface area (Å²) in [6.45, 7) is 2.00. The first-order chi connectivity index (χ1) is 13.8. The number of ether oxygens (including phenoxy) is 1. The molecule has 0 unspecified atom stereocenters. The lowest BCUT2D eigenvalue weighted by atomic mass is 10.0. The molecule has 150 valence electrons. The molecule has 1 N–H and O–H groups in total. The Morgan fingerprint density at radius 3 is 2.52 bits per heavy atom. The maximum atomic E-state index is 12.5. The molecule has 0 bridgehead atoms. The van der Waals surface area contributed by atoms with Crippen LogP contribution in [-0.4, -0.2) is 31.2 Å². The van der Waals surface area contributed by atoms with Crippen molar-refractivity contribution in [2.24, 2.45) is 0 Å². The molecule has 2 aromatic carbocycles. The number of halogens is 1. The molecule has 0 saturated heterocycles. The van der Waals surface area contributed by atoms with Crippen LogP contribution >= 0.6 is 11.6 Å². The fraction of sp³-hybridized carbons (Fsp3) is 0.190. The Kier molecular flexibility index (Phi) is 4.98. The topological polar surface area (TPSA) is 71.5 Å². The minimum absolute atomic E-state index is 0.254. The van der Waals surface area contributed by atoms with Gasteiger partial charge in [0, 0.05) is 10.9 Å². The lowest BCUT2D eigenvalue weighted by molar-refractivity contribution is 0.351. The van der Waals surface area contributed by atoms with Gasteiger partial charge in [-0.15, -0.1) is 4.41 Å². The highest BCUT2D eigenvalue weighted by atomic mass is 35.5. The van der Waals surface area contributed by atoms with Gasteiger partial charge >= 0.3 is 0 Å². The fourth-order valence-corrected chi connectivity index (χ4v) is 4.44. The predicted octanol–water partition coefficient (Wildman–Crippen LogP) is 4.07. The monoisotopic (exact) mass is 429 g/mol. The van der Waals surface area contributed by atoms with Crippen molar-refractivity contribution in [1.29, 1.82) is 0 Å². The summed E-state index contributed by atoms with van der Waals surface area (Å²) >= 11 is 6.47. The Morgan fingerprint density at radius 2 is 1.86 bits per heavy atom. The summed E-state index contributed by atoms with van der Waals surface area (Å²) in [6.07, 6.45) is 3.00. The normalized spacial score (nSPS) is 17.2. The van der Waals surface area contributed by atoms with Crippen molar-refractivity contribution in [3.63, 3.8) is 0 Å². The van der Waals surface area contributed by atoms with Gasteiger partial charge in [0.1, 0.15) is 10.9 Å². The van der Waals surface area contributed by atoms with Gasteiger partial charge < -0.3 is 10.2 Å². The second-order valence-electron chi connectivity index (χ2n) is 6.99. The molecule has 4 rings (SSSR count). The summed E-state index contributed by atoms with van der Waals surface area (Å²) in [7, 11) is -1.98. The van der Waals surface area contributed by atoms with Gasteiger partial charge in [0.15, 0.2) is 0 Å². The summed E-state index contributed by atoms with van der Waals surface area (Å²) in [6, 6.07) is 14.5. The average Bonchev–Trinajstić information content (AvgIpc) is 3.13. The lowest BCUT2D eigenvalue weighted by Crippen LogP contribution is -2.38. The van der Waals surface area contributed by atoms with Gasteiger partial charge in [0.05, 0.1) is 30.6 Å². The van der Waals surface area contributed by atoms with Crippen LogP contribution in [0, 0.1) is 6.92 Å². The van der Waals surface area contributed by atoms with Gasteiger partial charge in [-0.2, -0.15) is 0 Å². The number of nitrogens with zero attached hydrogens (tertiary/aromatic N) is 2. The van der Waals surface area contributed by atoms with Gasteiger partial charge in [-0.05, 0) is 42.8 Å². The van der Waals surface area contributed by atoms with E-state index < -0.39 is 16.1 Å². The number of nitrogens with one attached hydrogen (secondary N) is 1. The van der Waals surface area contributed by atoms with Crippen molar-refractivity contribution in [3.05, 3.63) is 76.5 Å². The summed E-state index contributed by atoms with van der Waals surface area (Å²) in [5.41, 5.74) is 7.01. The SMILES string of the molecule is COc1ccc2nc(Cl)c([C@H]3C=C(c4ccc(C)cc4)NN3S(C)(=O)=O)cc2c1. The number of methoxy groups -OCH3 is 1. The van der Waals surface area contributed by atoms with Gasteiger partial charge in [-0.3, -0.25) is 0 Å². The summed E-state index contributed by atoms with van der Waals surface area (Å²) in [5, 5.41) is 1.07. The number of sulfonamides is 1. The van der Waals surface area contributed by atoms with Gasteiger partial charge in [0.25, 0.3) is 0 Å². The molecule has 0 amide bonds. The van der Waals surface area contributed by atoms with Crippen molar-refractivity contribution >= 4 is 38.2 Å². The van der Waals surface area contributed by atoms with Crippen LogP contribution in [0.1, 0.15) is 22.7 Å². The van der Waals surface area contributed by atoms with Crippen LogP contribution in [0.15, 0.2) is 54.6 Å². The minimum Gasteiger partial charge on any atom is -0.497 e. The Morgan fingerprint density at radius 1 is 1.14 bits per heavy atom. The van der Waals surface area contributed by atoms with E-state index >= 15 is 0 Å². The van der Waals surface area contributed by atoms with Crippen LogP contribution < -0.4 is 10.2 Å². The van der Waals surface area contributed by atoms with E-state index in [1.165, 1.54) is 4.41 Å². The van der Waals surface area contributed by atoms with Crippen LogP contribution in [0.25, 0.3) is 16.6 Å². The van der Waals surface area contributed by atoms with Crippen LogP contribution in [0.3, 0.4) is 0 Å². The molecule has 6 nitrogen and oxygen atoms in total. The third-order valence-corrected chi connectivity index (χ3v) is 6.18. The van der Waals surface area contributed by atoms with Gasteiger partial charge in [-0.25, -0.2) is 13.4 Å². The summed E-state index contributed by atoms with van der Waals surface area (Å²) in [4.78, 5) is 4.45. The smallest absolute Gasteiger partial charge is 0.228 e. The lowest BCUT2D eigenvalue weighted by Gasteiger charge is -2.23. The zero-order valence-corrected chi connectivity index (χ0v) is 17.8. The number of benzene rings is 2. The number of rotatable bonds is 4. The first-order valence-corrected chi connectivity index (χ1v) is 11.2. The van der Waals surface area contributed by atoms with Crippen molar-refractivity contribution < 1.29 is 13.2 Å². The molecule has 0 radical (unpaired) electrons. The molecule has 0 spiro atoms. The first kappa shape index (κ1) is 19.7. The highest BCUT2D eigenvalue weighted by Crippen LogP contribution is 2.37. The molecule has 1 aliphatic rings. The number of aryl methyl sites for hydroxylation is 1. The second kappa shape index (κ2) is 7.33. The molecule has 3 aromatic rings. The largest absolute Gasteiger partial charge is 0.497 e. The zero-order valence-electron chi connectivity index (χ0n) is 16.2. The predicted molar refractivity (Wildman–Crippen MR) is 115 cm³/mol. The van der Waals surface area contributed by atoms with E-state index in [9.17, 15) is 8.42 Å². The number of hydrazine groups is 1. The van der Waals surface area contributed by atoms with Crippen LogP contribution in [0.4, 0.5) is 0 Å². The molecule has 2 heterocycles. The van der Waals surface area contributed by atoms with Crippen LogP contribution in [0.5, 0.6) is 5.75 Å². The third-order valence-electron chi connectivity index (χ3n) is 4.85. The molecule has 1 aromatic heterocycles. The summed E-state index contributed by atoms with van der Waals surface area (Å²) < 4.78 is 31.4. The molecule has 0 aliphatic carbocycles. The Labute approximate surface area is 174 Å². The first-order valence-electron chi connectivity index (χ1n) is 8.95. The fourth-order valence-electron chi connectivity index (χ4n) is 3.33. The van der Waals surface area contributed by atoms with Crippen LogP contribution in [0.2, 0.25) is 5.15 Å². The molecule has 29 heavy (non-hydrogen) atoms. The molecule has 1 atom stereocenters.